The smallest absolute Gasteiger partial charge is 0.306 e. The van der Waals surface area contributed by atoms with E-state index in [0.29, 0.717) is 28.2 Å². The molecule has 0 spiro atoms. The highest BCUT2D eigenvalue weighted by Gasteiger charge is 2.13. The standard InChI is InChI=1S/C19H17N3O6/c1-12-10-13(22(25)26)6-7-14(12)20-17(23)11-27-19(24)9-8-18-21-15-4-2-3-5-16(15)28-18/h2-7,10H,8-9,11H2,1H3,(H,20,23). The van der Waals surface area contributed by atoms with Gasteiger partial charge in [-0.1, -0.05) is 12.1 Å². The number of carbonyl (C=O) groups is 2. The van der Waals surface area contributed by atoms with Gasteiger partial charge in [-0.15, -0.1) is 0 Å². The Morgan fingerprint density at radius 1 is 1.25 bits per heavy atom. The summed E-state index contributed by atoms with van der Waals surface area (Å²) in [4.78, 5) is 38.2. The molecule has 3 rings (SSSR count). The fourth-order valence-corrected chi connectivity index (χ4v) is 2.54. The quantitative estimate of drug-likeness (QED) is 0.377. The number of para-hydroxylation sites is 2. The average Bonchev–Trinajstić information content (AvgIpc) is 3.09. The molecule has 9 heteroatoms. The third-order valence-electron chi connectivity index (χ3n) is 3.94. The first-order valence-electron chi connectivity index (χ1n) is 8.47. The van der Waals surface area contributed by atoms with Crippen LogP contribution in [0.25, 0.3) is 11.1 Å². The zero-order chi connectivity index (χ0) is 20.1. The van der Waals surface area contributed by atoms with Gasteiger partial charge >= 0.3 is 5.97 Å². The van der Waals surface area contributed by atoms with Crippen LogP contribution in [0.1, 0.15) is 17.9 Å². The molecule has 144 valence electrons. The fourth-order valence-electron chi connectivity index (χ4n) is 2.54. The second-order valence-electron chi connectivity index (χ2n) is 6.04. The number of nitrogens with one attached hydrogen (secondary N) is 1. The maximum absolute atomic E-state index is 11.9. The minimum absolute atomic E-state index is 0.0245. The third kappa shape index (κ3) is 4.70. The number of carbonyl (C=O) groups excluding carboxylic acids is 2. The van der Waals surface area contributed by atoms with Gasteiger partial charge in [0, 0.05) is 24.2 Å². The van der Waals surface area contributed by atoms with E-state index in [4.69, 9.17) is 9.15 Å². The van der Waals surface area contributed by atoms with Gasteiger partial charge in [0.1, 0.15) is 5.52 Å². The molecule has 0 fully saturated rings. The molecule has 0 aliphatic carbocycles. The molecule has 0 bridgehead atoms. The van der Waals surface area contributed by atoms with E-state index in [1.54, 1.807) is 13.0 Å². The molecule has 1 aromatic heterocycles. The number of amides is 1. The van der Waals surface area contributed by atoms with Crippen molar-refractivity contribution in [2.45, 2.75) is 19.8 Å². The highest BCUT2D eigenvalue weighted by Crippen LogP contribution is 2.21. The molecule has 0 aliphatic heterocycles. The van der Waals surface area contributed by atoms with Crippen LogP contribution in [-0.2, 0) is 20.7 Å². The van der Waals surface area contributed by atoms with E-state index in [1.807, 2.05) is 18.2 Å². The van der Waals surface area contributed by atoms with Gasteiger partial charge in [-0.05, 0) is 30.7 Å². The maximum atomic E-state index is 11.9. The van der Waals surface area contributed by atoms with Gasteiger partial charge < -0.3 is 14.5 Å². The Hall–Kier alpha value is -3.75. The number of anilines is 1. The minimum Gasteiger partial charge on any atom is -0.456 e. The van der Waals surface area contributed by atoms with Crippen molar-refractivity contribution in [3.05, 3.63) is 64.0 Å². The van der Waals surface area contributed by atoms with Crippen LogP contribution in [0.3, 0.4) is 0 Å². The van der Waals surface area contributed by atoms with Crippen LogP contribution in [0.5, 0.6) is 0 Å². The molecule has 0 unspecified atom stereocenters. The second-order valence-corrected chi connectivity index (χ2v) is 6.04. The largest absolute Gasteiger partial charge is 0.456 e. The van der Waals surface area contributed by atoms with E-state index in [1.165, 1.54) is 18.2 Å². The molecule has 28 heavy (non-hydrogen) atoms. The summed E-state index contributed by atoms with van der Waals surface area (Å²) in [6, 6.07) is 11.3. The highest BCUT2D eigenvalue weighted by molar-refractivity contribution is 5.93. The van der Waals surface area contributed by atoms with Crippen molar-refractivity contribution >= 4 is 34.4 Å². The van der Waals surface area contributed by atoms with Gasteiger partial charge in [-0.2, -0.15) is 0 Å². The summed E-state index contributed by atoms with van der Waals surface area (Å²) in [5.41, 5.74) is 2.23. The van der Waals surface area contributed by atoms with E-state index in [-0.39, 0.29) is 18.5 Å². The predicted molar refractivity (Wildman–Crippen MR) is 99.8 cm³/mol. The second kappa shape index (κ2) is 8.30. The summed E-state index contributed by atoms with van der Waals surface area (Å²) in [6.07, 6.45) is 0.285. The monoisotopic (exact) mass is 383 g/mol. The summed E-state index contributed by atoms with van der Waals surface area (Å²) in [7, 11) is 0. The predicted octanol–water partition coefficient (Wildman–Crippen LogP) is 3.16. The van der Waals surface area contributed by atoms with E-state index >= 15 is 0 Å². The van der Waals surface area contributed by atoms with E-state index in [0.717, 1.165) is 0 Å². The molecule has 1 amide bonds. The molecule has 2 aromatic carbocycles. The molecular formula is C19H17N3O6. The van der Waals surface area contributed by atoms with Crippen molar-refractivity contribution < 1.29 is 23.7 Å². The number of non-ortho nitro benzene ring substituents is 1. The Morgan fingerprint density at radius 2 is 2.04 bits per heavy atom. The molecule has 0 saturated carbocycles. The zero-order valence-corrected chi connectivity index (χ0v) is 15.0. The number of oxazole rings is 1. The van der Waals surface area contributed by atoms with Gasteiger partial charge in [-0.3, -0.25) is 19.7 Å². The Bertz CT molecular complexity index is 1010. The number of benzene rings is 2. The number of hydrogen-bond donors (Lipinski definition) is 1. The van der Waals surface area contributed by atoms with Crippen LogP contribution in [0, 0.1) is 17.0 Å². The van der Waals surface area contributed by atoms with Crippen LogP contribution in [0.15, 0.2) is 46.9 Å². The number of aromatic nitrogens is 1. The van der Waals surface area contributed by atoms with E-state index in [2.05, 4.69) is 10.3 Å². The number of nitrogens with zero attached hydrogens (tertiary/aromatic N) is 2. The van der Waals surface area contributed by atoms with Crippen LogP contribution in [0.2, 0.25) is 0 Å². The summed E-state index contributed by atoms with van der Waals surface area (Å²) in [6.45, 7) is 1.18. The van der Waals surface area contributed by atoms with Crippen molar-refractivity contribution in [2.75, 3.05) is 11.9 Å². The lowest BCUT2D eigenvalue weighted by Gasteiger charge is -2.08. The number of rotatable bonds is 7. The summed E-state index contributed by atoms with van der Waals surface area (Å²) in [5.74, 6) is -0.672. The average molecular weight is 383 g/mol. The Balaban J connectivity index is 1.46. The summed E-state index contributed by atoms with van der Waals surface area (Å²) < 4.78 is 10.5. The van der Waals surface area contributed by atoms with Crippen molar-refractivity contribution in [3.63, 3.8) is 0 Å². The SMILES string of the molecule is Cc1cc([N+](=O)[O-])ccc1NC(=O)COC(=O)CCc1nc2ccccc2o1. The molecule has 0 atom stereocenters. The van der Waals surface area contributed by atoms with Crippen molar-refractivity contribution in [3.8, 4) is 0 Å². The zero-order valence-electron chi connectivity index (χ0n) is 15.0. The molecule has 0 saturated heterocycles. The van der Waals surface area contributed by atoms with Crippen LogP contribution < -0.4 is 5.32 Å². The summed E-state index contributed by atoms with van der Waals surface area (Å²) >= 11 is 0. The topological polar surface area (TPSA) is 125 Å². The molecule has 1 N–H and O–H groups in total. The first-order valence-corrected chi connectivity index (χ1v) is 8.47. The van der Waals surface area contributed by atoms with Crippen LogP contribution in [0.4, 0.5) is 11.4 Å². The van der Waals surface area contributed by atoms with Crippen molar-refractivity contribution in [1.29, 1.82) is 0 Å². The van der Waals surface area contributed by atoms with E-state index in [9.17, 15) is 19.7 Å². The molecular weight excluding hydrogens is 366 g/mol. The van der Waals surface area contributed by atoms with Crippen LogP contribution in [-0.4, -0.2) is 28.4 Å². The summed E-state index contributed by atoms with van der Waals surface area (Å²) in [5, 5.41) is 13.3. The number of aryl methyl sites for hydroxylation is 2. The lowest BCUT2D eigenvalue weighted by atomic mass is 10.2. The third-order valence-corrected chi connectivity index (χ3v) is 3.94. The first-order chi connectivity index (χ1) is 13.4. The Labute approximate surface area is 159 Å². The Morgan fingerprint density at radius 3 is 2.75 bits per heavy atom. The number of hydrogen-bond acceptors (Lipinski definition) is 7. The number of nitro benzene ring substituents is 1. The Kier molecular flexibility index (Phi) is 5.64. The number of nitro groups is 1. The maximum Gasteiger partial charge on any atom is 0.306 e. The number of esters is 1. The molecule has 0 aliphatic rings. The minimum atomic E-state index is -0.558. The highest BCUT2D eigenvalue weighted by atomic mass is 16.6. The lowest BCUT2D eigenvalue weighted by molar-refractivity contribution is -0.384. The normalized spacial score (nSPS) is 10.6. The fraction of sp³-hybridized carbons (Fsp3) is 0.211. The van der Waals surface area contributed by atoms with Crippen molar-refractivity contribution in [1.82, 2.24) is 4.98 Å². The number of fused-ring (bicyclic) bond motifs is 1. The van der Waals surface area contributed by atoms with Gasteiger partial charge in [0.2, 0.25) is 0 Å². The van der Waals surface area contributed by atoms with Gasteiger partial charge in [0.05, 0.1) is 11.3 Å². The van der Waals surface area contributed by atoms with Gasteiger partial charge in [0.15, 0.2) is 18.1 Å². The number of ether oxygens (including phenoxy) is 1. The first kappa shape index (κ1) is 19.0. The van der Waals surface area contributed by atoms with Crippen molar-refractivity contribution in [2.24, 2.45) is 0 Å². The van der Waals surface area contributed by atoms with Gasteiger partial charge in [0.25, 0.3) is 11.6 Å². The molecule has 1 heterocycles. The van der Waals surface area contributed by atoms with Crippen LogP contribution >= 0.6 is 0 Å². The van der Waals surface area contributed by atoms with E-state index < -0.39 is 23.4 Å². The molecule has 9 nitrogen and oxygen atoms in total. The van der Waals surface area contributed by atoms with Gasteiger partial charge in [-0.25, -0.2) is 4.98 Å². The molecule has 3 aromatic rings. The lowest BCUT2D eigenvalue weighted by Crippen LogP contribution is -2.21. The molecule has 0 radical (unpaired) electrons.